The van der Waals surface area contributed by atoms with Gasteiger partial charge in [0.05, 0.1) is 18.8 Å². The lowest BCUT2D eigenvalue weighted by atomic mass is 9.96. The zero-order valence-corrected chi connectivity index (χ0v) is 8.33. The van der Waals surface area contributed by atoms with Crippen molar-refractivity contribution in [3.63, 3.8) is 0 Å². The maximum atomic E-state index is 9.62. The normalized spacial score (nSPS) is 33.8. The van der Waals surface area contributed by atoms with Crippen LogP contribution in [0.3, 0.4) is 0 Å². The smallest absolute Gasteiger partial charge is 0.0830 e. The zero-order valence-electron chi connectivity index (χ0n) is 7.51. The number of nitrogens with zero attached hydrogens (tertiary/aromatic N) is 1. The van der Waals surface area contributed by atoms with Crippen molar-refractivity contribution in [3.8, 4) is 0 Å². The lowest BCUT2D eigenvalue weighted by Gasteiger charge is -2.15. The molecule has 1 aliphatic heterocycles. The summed E-state index contributed by atoms with van der Waals surface area (Å²) >= 11 is 1.50. The van der Waals surface area contributed by atoms with Gasteiger partial charge in [-0.1, -0.05) is 0 Å². The Morgan fingerprint density at radius 3 is 3.15 bits per heavy atom. The van der Waals surface area contributed by atoms with Gasteiger partial charge in [-0.05, 0) is 30.9 Å². The maximum absolute atomic E-state index is 9.62. The Morgan fingerprint density at radius 1 is 1.77 bits per heavy atom. The van der Waals surface area contributed by atoms with Crippen molar-refractivity contribution in [2.75, 3.05) is 6.61 Å². The third-order valence-corrected chi connectivity index (χ3v) is 3.32. The highest BCUT2D eigenvalue weighted by molar-refractivity contribution is 7.05. The number of aliphatic hydroxyl groups excluding tert-OH is 1. The fraction of sp³-hybridized carbons (Fsp3) is 0.667. The van der Waals surface area contributed by atoms with Gasteiger partial charge < -0.3 is 9.84 Å². The molecule has 0 aliphatic carbocycles. The van der Waals surface area contributed by atoms with Crippen molar-refractivity contribution in [1.29, 1.82) is 0 Å². The highest BCUT2D eigenvalue weighted by Gasteiger charge is 2.33. The van der Waals surface area contributed by atoms with E-state index in [2.05, 4.69) is 4.37 Å². The van der Waals surface area contributed by atoms with Crippen molar-refractivity contribution >= 4 is 11.5 Å². The molecule has 0 bridgehead atoms. The van der Waals surface area contributed by atoms with Crippen LogP contribution in [0.1, 0.15) is 11.8 Å². The third kappa shape index (κ3) is 1.90. The van der Waals surface area contributed by atoms with Crippen LogP contribution in [0.25, 0.3) is 0 Å². The second-order valence-electron chi connectivity index (χ2n) is 3.45. The summed E-state index contributed by atoms with van der Waals surface area (Å²) < 4.78 is 9.39. The van der Waals surface area contributed by atoms with Gasteiger partial charge in [0, 0.05) is 17.0 Å². The van der Waals surface area contributed by atoms with Crippen LogP contribution in [-0.4, -0.2) is 28.3 Å². The summed E-state index contributed by atoms with van der Waals surface area (Å²) in [4.78, 5) is 1.22. The first-order valence-corrected chi connectivity index (χ1v) is 5.24. The van der Waals surface area contributed by atoms with Crippen molar-refractivity contribution in [3.05, 3.63) is 17.1 Å². The van der Waals surface area contributed by atoms with Gasteiger partial charge in [0.25, 0.3) is 0 Å². The molecule has 4 heteroatoms. The van der Waals surface area contributed by atoms with E-state index in [-0.39, 0.29) is 18.1 Å². The van der Waals surface area contributed by atoms with Gasteiger partial charge in [0.15, 0.2) is 0 Å². The molecule has 1 fully saturated rings. The van der Waals surface area contributed by atoms with E-state index in [1.807, 2.05) is 13.0 Å². The summed E-state index contributed by atoms with van der Waals surface area (Å²) in [6, 6.07) is 2.00. The quantitative estimate of drug-likeness (QED) is 0.775. The first-order chi connectivity index (χ1) is 6.27. The van der Waals surface area contributed by atoms with E-state index < -0.39 is 0 Å². The molecule has 0 spiro atoms. The Balaban J connectivity index is 2.01. The Labute approximate surface area is 81.5 Å². The van der Waals surface area contributed by atoms with Gasteiger partial charge in [-0.15, -0.1) is 0 Å². The monoisotopic (exact) mass is 199 g/mol. The standard InChI is InChI=1S/C9H13NO2S/c1-6-8(9(11)5-12-6)4-7-2-3-10-13-7/h2-3,6,8-9,11H,4-5H2,1H3. The molecule has 72 valence electrons. The molecule has 0 amide bonds. The van der Waals surface area contributed by atoms with Crippen LogP contribution >= 0.6 is 11.5 Å². The molecule has 3 nitrogen and oxygen atoms in total. The SMILES string of the molecule is CC1OCC(O)C1Cc1ccns1. The average molecular weight is 199 g/mol. The minimum atomic E-state index is -0.308. The molecule has 0 saturated carbocycles. The van der Waals surface area contributed by atoms with Gasteiger partial charge >= 0.3 is 0 Å². The fourth-order valence-electron chi connectivity index (χ4n) is 1.69. The van der Waals surface area contributed by atoms with Crippen LogP contribution in [0.2, 0.25) is 0 Å². The van der Waals surface area contributed by atoms with Crippen molar-refractivity contribution in [2.24, 2.45) is 5.92 Å². The summed E-state index contributed by atoms with van der Waals surface area (Å²) in [5, 5.41) is 9.62. The Morgan fingerprint density at radius 2 is 2.62 bits per heavy atom. The number of ether oxygens (including phenoxy) is 1. The average Bonchev–Trinajstić information content (AvgIpc) is 2.70. The summed E-state index contributed by atoms with van der Waals surface area (Å²) in [7, 11) is 0. The minimum absolute atomic E-state index is 0.164. The lowest BCUT2D eigenvalue weighted by molar-refractivity contribution is 0.0964. The molecule has 13 heavy (non-hydrogen) atoms. The molecule has 3 unspecified atom stereocenters. The number of aromatic nitrogens is 1. The Kier molecular flexibility index (Phi) is 2.62. The zero-order chi connectivity index (χ0) is 9.26. The highest BCUT2D eigenvalue weighted by atomic mass is 32.1. The summed E-state index contributed by atoms with van der Waals surface area (Å²) in [6.45, 7) is 2.49. The molecule has 0 radical (unpaired) electrons. The molecular formula is C9H13NO2S. The van der Waals surface area contributed by atoms with Gasteiger partial charge in [0.2, 0.25) is 0 Å². The van der Waals surface area contributed by atoms with Crippen LogP contribution < -0.4 is 0 Å². The third-order valence-electron chi connectivity index (χ3n) is 2.56. The van der Waals surface area contributed by atoms with E-state index in [1.54, 1.807) is 6.20 Å². The van der Waals surface area contributed by atoms with E-state index in [1.165, 1.54) is 16.4 Å². The van der Waals surface area contributed by atoms with E-state index in [4.69, 9.17) is 4.74 Å². The van der Waals surface area contributed by atoms with Crippen LogP contribution in [0, 0.1) is 5.92 Å². The van der Waals surface area contributed by atoms with E-state index in [0.717, 1.165) is 6.42 Å². The molecule has 1 aromatic rings. The van der Waals surface area contributed by atoms with Gasteiger partial charge in [0.1, 0.15) is 0 Å². The van der Waals surface area contributed by atoms with Crippen LogP contribution in [0.4, 0.5) is 0 Å². The Hall–Kier alpha value is -0.450. The van der Waals surface area contributed by atoms with Gasteiger partial charge in [-0.2, -0.15) is 0 Å². The van der Waals surface area contributed by atoms with Crippen LogP contribution in [0.5, 0.6) is 0 Å². The number of aliphatic hydroxyl groups is 1. The first kappa shape index (κ1) is 9.12. The van der Waals surface area contributed by atoms with E-state index >= 15 is 0 Å². The largest absolute Gasteiger partial charge is 0.390 e. The van der Waals surface area contributed by atoms with Crippen molar-refractivity contribution in [2.45, 2.75) is 25.6 Å². The molecule has 1 aromatic heterocycles. The molecule has 1 saturated heterocycles. The van der Waals surface area contributed by atoms with Gasteiger partial charge in [-0.3, -0.25) is 0 Å². The van der Waals surface area contributed by atoms with Crippen LogP contribution in [0.15, 0.2) is 12.3 Å². The first-order valence-electron chi connectivity index (χ1n) is 4.46. The molecule has 2 rings (SSSR count). The van der Waals surface area contributed by atoms with E-state index in [0.29, 0.717) is 6.61 Å². The second-order valence-corrected chi connectivity index (χ2v) is 4.37. The summed E-state index contributed by atoms with van der Waals surface area (Å²) in [5.74, 6) is 0.237. The van der Waals surface area contributed by atoms with Crippen molar-refractivity contribution < 1.29 is 9.84 Å². The highest BCUT2D eigenvalue weighted by Crippen LogP contribution is 2.25. The van der Waals surface area contributed by atoms with Crippen LogP contribution in [-0.2, 0) is 11.2 Å². The lowest BCUT2D eigenvalue weighted by Crippen LogP contribution is -2.23. The second kappa shape index (κ2) is 3.74. The summed E-state index contributed by atoms with van der Waals surface area (Å²) in [5.41, 5.74) is 0. The molecule has 3 atom stereocenters. The molecule has 1 aliphatic rings. The van der Waals surface area contributed by atoms with Gasteiger partial charge in [-0.25, -0.2) is 4.37 Å². The predicted octanol–water partition coefficient (Wildman–Crippen LogP) is 1.08. The number of hydrogen-bond acceptors (Lipinski definition) is 4. The Bertz CT molecular complexity index is 253. The number of rotatable bonds is 2. The summed E-state index contributed by atoms with van der Waals surface area (Å²) in [6.07, 6.45) is 2.54. The van der Waals surface area contributed by atoms with Crippen molar-refractivity contribution in [1.82, 2.24) is 4.37 Å². The predicted molar refractivity (Wildman–Crippen MR) is 50.7 cm³/mol. The molecule has 0 aromatic carbocycles. The molecule has 2 heterocycles. The number of hydrogen-bond donors (Lipinski definition) is 1. The fourth-order valence-corrected chi connectivity index (χ4v) is 2.34. The topological polar surface area (TPSA) is 42.4 Å². The molecular weight excluding hydrogens is 186 g/mol. The van der Waals surface area contributed by atoms with E-state index in [9.17, 15) is 5.11 Å². The molecule has 1 N–H and O–H groups in total. The minimum Gasteiger partial charge on any atom is -0.390 e. The maximum Gasteiger partial charge on any atom is 0.0830 e.